The molecule has 0 unspecified atom stereocenters. The molecule has 0 saturated heterocycles. The maximum Gasteiger partial charge on any atom is 0.189 e. The Bertz CT molecular complexity index is 680. The number of benzene rings is 1. The van der Waals surface area contributed by atoms with Crippen LogP contribution in [0.2, 0.25) is 0 Å². The molecule has 1 aliphatic carbocycles. The van der Waals surface area contributed by atoms with Crippen LogP contribution in [0.1, 0.15) is 28.4 Å². The third-order valence-corrected chi connectivity index (χ3v) is 3.38. The summed E-state index contributed by atoms with van der Waals surface area (Å²) in [5.74, 6) is 0.912. The highest BCUT2D eigenvalue weighted by Gasteiger charge is 2.27. The molecule has 1 heterocycles. The van der Waals surface area contributed by atoms with Gasteiger partial charge in [0.15, 0.2) is 5.78 Å². The standard InChI is InChI=1S/C17H15NO2.ClH/c1-2-20-16-5-3-4-14-15(16)11-13(17(14)19)10-12-6-8-18-9-7-12;/h3-10H,2,11H2,1H3;1H/b13-10+;. The summed E-state index contributed by atoms with van der Waals surface area (Å²) in [4.78, 5) is 16.4. The number of hydrogen-bond donors (Lipinski definition) is 0. The zero-order valence-corrected chi connectivity index (χ0v) is 12.5. The zero-order valence-electron chi connectivity index (χ0n) is 11.7. The number of hydrogen-bond acceptors (Lipinski definition) is 3. The Labute approximate surface area is 130 Å². The van der Waals surface area contributed by atoms with Crippen molar-refractivity contribution in [2.75, 3.05) is 6.61 Å². The quantitative estimate of drug-likeness (QED) is 0.811. The minimum atomic E-state index is 0. The molecule has 108 valence electrons. The maximum absolute atomic E-state index is 12.4. The Morgan fingerprint density at radius 3 is 2.71 bits per heavy atom. The van der Waals surface area contributed by atoms with Crippen molar-refractivity contribution in [1.82, 2.24) is 4.98 Å². The molecule has 0 saturated carbocycles. The molecule has 3 nitrogen and oxygen atoms in total. The SMILES string of the molecule is CCOc1cccc2c1C/C(=C\c1ccncc1)C2=O.Cl. The minimum Gasteiger partial charge on any atom is -0.494 e. The second-order valence-electron chi connectivity index (χ2n) is 4.67. The number of fused-ring (bicyclic) bond motifs is 1. The summed E-state index contributed by atoms with van der Waals surface area (Å²) >= 11 is 0. The first-order valence-corrected chi connectivity index (χ1v) is 6.69. The molecule has 0 atom stereocenters. The van der Waals surface area contributed by atoms with Gasteiger partial charge >= 0.3 is 0 Å². The Morgan fingerprint density at radius 2 is 2.00 bits per heavy atom. The van der Waals surface area contributed by atoms with E-state index in [0.717, 1.165) is 28.0 Å². The Hall–Kier alpha value is -2.13. The highest BCUT2D eigenvalue weighted by atomic mass is 35.5. The van der Waals surface area contributed by atoms with E-state index in [1.807, 2.05) is 43.3 Å². The zero-order chi connectivity index (χ0) is 13.9. The van der Waals surface area contributed by atoms with Gasteiger partial charge in [-0.1, -0.05) is 12.1 Å². The lowest BCUT2D eigenvalue weighted by Crippen LogP contribution is -1.97. The van der Waals surface area contributed by atoms with Crippen molar-refractivity contribution in [3.8, 4) is 5.75 Å². The van der Waals surface area contributed by atoms with E-state index in [0.29, 0.717) is 13.0 Å². The molecule has 0 aliphatic heterocycles. The first-order chi connectivity index (χ1) is 9.79. The van der Waals surface area contributed by atoms with Crippen LogP contribution >= 0.6 is 12.4 Å². The van der Waals surface area contributed by atoms with E-state index in [4.69, 9.17) is 4.74 Å². The number of aromatic nitrogens is 1. The second kappa shape index (κ2) is 6.55. The van der Waals surface area contributed by atoms with Crippen molar-refractivity contribution in [3.05, 3.63) is 65.0 Å². The molecular formula is C17H16ClNO2. The fourth-order valence-corrected chi connectivity index (χ4v) is 2.47. The number of carbonyl (C=O) groups is 1. The van der Waals surface area contributed by atoms with Gasteiger partial charge in [0.25, 0.3) is 0 Å². The average Bonchev–Trinajstić information content (AvgIpc) is 2.79. The van der Waals surface area contributed by atoms with Gasteiger partial charge in [-0.05, 0) is 36.8 Å². The van der Waals surface area contributed by atoms with E-state index < -0.39 is 0 Å². The van der Waals surface area contributed by atoms with Crippen LogP contribution in [0.15, 0.2) is 48.3 Å². The molecule has 1 aliphatic rings. The first kappa shape index (κ1) is 15.3. The number of ether oxygens (including phenoxy) is 1. The molecule has 21 heavy (non-hydrogen) atoms. The van der Waals surface area contributed by atoms with E-state index in [1.54, 1.807) is 12.4 Å². The number of rotatable bonds is 3. The third kappa shape index (κ3) is 2.98. The van der Waals surface area contributed by atoms with Crippen molar-refractivity contribution >= 4 is 24.3 Å². The van der Waals surface area contributed by atoms with Crippen LogP contribution in [0.4, 0.5) is 0 Å². The van der Waals surface area contributed by atoms with Gasteiger partial charge in [-0.25, -0.2) is 0 Å². The molecule has 1 aromatic carbocycles. The number of nitrogens with zero attached hydrogens (tertiary/aromatic N) is 1. The lowest BCUT2D eigenvalue weighted by molar-refractivity contribution is 0.104. The molecule has 3 rings (SSSR count). The molecule has 1 aromatic heterocycles. The highest BCUT2D eigenvalue weighted by molar-refractivity contribution is 6.16. The first-order valence-electron chi connectivity index (χ1n) is 6.69. The van der Waals surface area contributed by atoms with Gasteiger partial charge in [-0.2, -0.15) is 0 Å². The van der Waals surface area contributed by atoms with Gasteiger partial charge in [0.05, 0.1) is 6.61 Å². The number of pyridine rings is 1. The fourth-order valence-electron chi connectivity index (χ4n) is 2.47. The normalized spacial score (nSPS) is 14.7. The maximum atomic E-state index is 12.4. The Kier molecular flexibility index (Phi) is 4.76. The van der Waals surface area contributed by atoms with E-state index in [-0.39, 0.29) is 18.2 Å². The van der Waals surface area contributed by atoms with Crippen molar-refractivity contribution in [3.63, 3.8) is 0 Å². The van der Waals surface area contributed by atoms with Gasteiger partial charge < -0.3 is 4.74 Å². The van der Waals surface area contributed by atoms with Crippen LogP contribution < -0.4 is 4.74 Å². The van der Waals surface area contributed by atoms with E-state index >= 15 is 0 Å². The lowest BCUT2D eigenvalue weighted by Gasteiger charge is -2.07. The van der Waals surface area contributed by atoms with Gasteiger partial charge in [-0.3, -0.25) is 9.78 Å². The van der Waals surface area contributed by atoms with Gasteiger partial charge in [0.2, 0.25) is 0 Å². The van der Waals surface area contributed by atoms with Crippen LogP contribution in [0, 0.1) is 0 Å². The Balaban J connectivity index is 0.00000161. The van der Waals surface area contributed by atoms with Gasteiger partial charge in [0, 0.05) is 35.5 Å². The summed E-state index contributed by atoms with van der Waals surface area (Å²) in [5.41, 5.74) is 3.56. The third-order valence-electron chi connectivity index (χ3n) is 3.38. The minimum absolute atomic E-state index is 0. The van der Waals surface area contributed by atoms with Gasteiger partial charge in [0.1, 0.15) is 5.75 Å². The summed E-state index contributed by atoms with van der Waals surface area (Å²) in [6.07, 6.45) is 6.02. The average molecular weight is 302 g/mol. The molecule has 4 heteroatoms. The summed E-state index contributed by atoms with van der Waals surface area (Å²) in [7, 11) is 0. The smallest absolute Gasteiger partial charge is 0.189 e. The summed E-state index contributed by atoms with van der Waals surface area (Å²) in [6, 6.07) is 9.45. The van der Waals surface area contributed by atoms with Crippen molar-refractivity contribution in [1.29, 1.82) is 0 Å². The summed E-state index contributed by atoms with van der Waals surface area (Å²) in [5, 5.41) is 0. The number of ketones is 1. The van der Waals surface area contributed by atoms with Crippen LogP contribution in [0.3, 0.4) is 0 Å². The number of Topliss-reactive ketones (excluding diaryl/α,β-unsaturated/α-hetero) is 1. The van der Waals surface area contributed by atoms with E-state index in [2.05, 4.69) is 4.98 Å². The van der Waals surface area contributed by atoms with Crippen LogP contribution in [-0.4, -0.2) is 17.4 Å². The Morgan fingerprint density at radius 1 is 1.24 bits per heavy atom. The summed E-state index contributed by atoms with van der Waals surface area (Å²) < 4.78 is 5.61. The predicted molar refractivity (Wildman–Crippen MR) is 85.1 cm³/mol. The molecular weight excluding hydrogens is 286 g/mol. The topological polar surface area (TPSA) is 39.2 Å². The molecule has 0 spiro atoms. The monoisotopic (exact) mass is 301 g/mol. The molecule has 0 N–H and O–H groups in total. The molecule has 0 fully saturated rings. The molecule has 0 amide bonds. The fraction of sp³-hybridized carbons (Fsp3) is 0.176. The van der Waals surface area contributed by atoms with Crippen molar-refractivity contribution in [2.24, 2.45) is 0 Å². The number of carbonyl (C=O) groups excluding carboxylic acids is 1. The molecule has 0 radical (unpaired) electrons. The van der Waals surface area contributed by atoms with Crippen molar-refractivity contribution in [2.45, 2.75) is 13.3 Å². The molecule has 0 bridgehead atoms. The van der Waals surface area contributed by atoms with Gasteiger partial charge in [-0.15, -0.1) is 12.4 Å². The number of allylic oxidation sites excluding steroid dienone is 1. The lowest BCUT2D eigenvalue weighted by atomic mass is 10.1. The highest BCUT2D eigenvalue weighted by Crippen LogP contribution is 2.34. The van der Waals surface area contributed by atoms with Crippen LogP contribution in [-0.2, 0) is 6.42 Å². The van der Waals surface area contributed by atoms with E-state index in [1.165, 1.54) is 0 Å². The summed E-state index contributed by atoms with van der Waals surface area (Å²) in [6.45, 7) is 2.55. The molecule has 2 aromatic rings. The second-order valence-corrected chi connectivity index (χ2v) is 4.67. The predicted octanol–water partition coefficient (Wildman–Crippen LogP) is 3.72. The van der Waals surface area contributed by atoms with Crippen molar-refractivity contribution < 1.29 is 9.53 Å². The number of halogens is 1. The largest absolute Gasteiger partial charge is 0.494 e. The van der Waals surface area contributed by atoms with Crippen LogP contribution in [0.5, 0.6) is 5.75 Å². The van der Waals surface area contributed by atoms with Crippen LogP contribution in [0.25, 0.3) is 6.08 Å². The van der Waals surface area contributed by atoms with E-state index in [9.17, 15) is 4.79 Å².